The van der Waals surface area contributed by atoms with Gasteiger partial charge in [-0.2, -0.15) is 0 Å². The first-order valence-electron chi connectivity index (χ1n) is 6.72. The van der Waals surface area contributed by atoms with Crippen LogP contribution in [0.5, 0.6) is 0 Å². The lowest BCUT2D eigenvalue weighted by molar-refractivity contribution is -0.124. The van der Waals surface area contributed by atoms with Crippen LogP contribution in [0.25, 0.3) is 10.9 Å². The van der Waals surface area contributed by atoms with Crippen molar-refractivity contribution in [1.29, 1.82) is 0 Å². The predicted molar refractivity (Wildman–Crippen MR) is 76.5 cm³/mol. The summed E-state index contributed by atoms with van der Waals surface area (Å²) in [5.74, 6) is -0.764. The number of carbonyl (C=O) groups excluding carboxylic acids is 2. The topological polar surface area (TPSA) is 71.2 Å². The van der Waals surface area contributed by atoms with Crippen LogP contribution in [0.1, 0.15) is 30.1 Å². The van der Waals surface area contributed by atoms with Crippen molar-refractivity contribution in [2.75, 3.05) is 13.2 Å². The number of para-hydroxylation sites is 1. The van der Waals surface area contributed by atoms with Crippen molar-refractivity contribution < 1.29 is 14.3 Å². The van der Waals surface area contributed by atoms with E-state index in [-0.39, 0.29) is 12.5 Å². The van der Waals surface area contributed by atoms with Gasteiger partial charge in [0.15, 0.2) is 6.61 Å². The lowest BCUT2D eigenvalue weighted by Gasteiger charge is -2.05. The monoisotopic (exact) mass is 274 g/mol. The summed E-state index contributed by atoms with van der Waals surface area (Å²) in [7, 11) is 0. The van der Waals surface area contributed by atoms with Crippen LogP contribution in [0.2, 0.25) is 0 Å². The van der Waals surface area contributed by atoms with Gasteiger partial charge in [0.05, 0.1) is 5.56 Å². The van der Waals surface area contributed by atoms with Crippen LogP contribution in [0.15, 0.2) is 30.5 Å². The summed E-state index contributed by atoms with van der Waals surface area (Å²) in [5, 5.41) is 3.49. The molecular weight excluding hydrogens is 256 g/mol. The molecule has 2 aromatic rings. The quantitative estimate of drug-likeness (QED) is 0.627. The molecule has 1 amide bonds. The highest BCUT2D eigenvalue weighted by Gasteiger charge is 2.14. The van der Waals surface area contributed by atoms with Gasteiger partial charge in [0, 0.05) is 23.6 Å². The minimum atomic E-state index is -0.493. The van der Waals surface area contributed by atoms with Gasteiger partial charge in [-0.1, -0.05) is 31.5 Å². The van der Waals surface area contributed by atoms with E-state index in [0.29, 0.717) is 12.1 Å². The number of fused-ring (bicyclic) bond motifs is 1. The van der Waals surface area contributed by atoms with Gasteiger partial charge >= 0.3 is 5.97 Å². The number of nitrogens with one attached hydrogen (secondary N) is 2. The molecule has 0 atom stereocenters. The summed E-state index contributed by atoms with van der Waals surface area (Å²) in [6, 6.07) is 7.45. The molecule has 0 aliphatic heterocycles. The van der Waals surface area contributed by atoms with Gasteiger partial charge in [0.1, 0.15) is 0 Å². The first-order chi connectivity index (χ1) is 9.72. The lowest BCUT2D eigenvalue weighted by Crippen LogP contribution is -2.29. The van der Waals surface area contributed by atoms with Crippen molar-refractivity contribution in [3.63, 3.8) is 0 Å². The number of carbonyl (C=O) groups is 2. The molecule has 0 unspecified atom stereocenters. The fourth-order valence-corrected chi connectivity index (χ4v) is 1.90. The zero-order valence-electron chi connectivity index (χ0n) is 11.4. The van der Waals surface area contributed by atoms with Gasteiger partial charge < -0.3 is 15.0 Å². The van der Waals surface area contributed by atoms with Crippen LogP contribution in [0.3, 0.4) is 0 Å². The van der Waals surface area contributed by atoms with Crippen LogP contribution in [-0.2, 0) is 9.53 Å². The molecule has 5 heteroatoms. The number of H-pyrrole nitrogens is 1. The third kappa shape index (κ3) is 3.38. The van der Waals surface area contributed by atoms with E-state index < -0.39 is 5.97 Å². The second kappa shape index (κ2) is 6.75. The van der Waals surface area contributed by atoms with E-state index in [0.717, 1.165) is 23.7 Å². The van der Waals surface area contributed by atoms with Crippen molar-refractivity contribution in [3.8, 4) is 0 Å². The number of ether oxygens (including phenoxy) is 1. The Morgan fingerprint density at radius 2 is 2.10 bits per heavy atom. The number of aromatic nitrogens is 1. The highest BCUT2D eigenvalue weighted by molar-refractivity contribution is 6.04. The molecular formula is C15H18N2O3. The Morgan fingerprint density at radius 3 is 2.90 bits per heavy atom. The molecule has 0 radical (unpaired) electrons. The predicted octanol–water partition coefficient (Wildman–Crippen LogP) is 2.24. The Balaban J connectivity index is 1.90. The van der Waals surface area contributed by atoms with Gasteiger partial charge in [-0.05, 0) is 12.5 Å². The zero-order valence-corrected chi connectivity index (χ0v) is 11.4. The molecule has 0 saturated heterocycles. The average molecular weight is 274 g/mol. The number of amides is 1. The Labute approximate surface area is 117 Å². The van der Waals surface area contributed by atoms with E-state index in [2.05, 4.69) is 10.3 Å². The number of benzene rings is 1. The van der Waals surface area contributed by atoms with Gasteiger partial charge in [0.2, 0.25) is 0 Å². The number of esters is 1. The fraction of sp³-hybridized carbons (Fsp3) is 0.333. The second-order valence-corrected chi connectivity index (χ2v) is 4.53. The average Bonchev–Trinajstić information content (AvgIpc) is 2.89. The molecule has 1 aromatic heterocycles. The Hall–Kier alpha value is -2.30. The molecule has 1 heterocycles. The number of rotatable bonds is 6. The molecule has 20 heavy (non-hydrogen) atoms. The molecule has 0 aliphatic carbocycles. The normalized spacial score (nSPS) is 10.4. The maximum atomic E-state index is 11.9. The van der Waals surface area contributed by atoms with Crippen molar-refractivity contribution in [2.45, 2.75) is 19.8 Å². The van der Waals surface area contributed by atoms with Crippen molar-refractivity contribution >= 4 is 22.8 Å². The molecule has 2 rings (SSSR count). The molecule has 1 aromatic carbocycles. The third-order valence-electron chi connectivity index (χ3n) is 3.00. The number of hydrogen-bond acceptors (Lipinski definition) is 3. The molecule has 106 valence electrons. The minimum absolute atomic E-state index is 0.248. The number of unbranched alkanes of at least 4 members (excludes halogenated alkanes) is 1. The Kier molecular flexibility index (Phi) is 4.76. The summed E-state index contributed by atoms with van der Waals surface area (Å²) >= 11 is 0. The Morgan fingerprint density at radius 1 is 1.30 bits per heavy atom. The second-order valence-electron chi connectivity index (χ2n) is 4.53. The fourth-order valence-electron chi connectivity index (χ4n) is 1.90. The molecule has 0 aliphatic rings. The van der Waals surface area contributed by atoms with Crippen molar-refractivity contribution in [2.24, 2.45) is 0 Å². The summed E-state index contributed by atoms with van der Waals surface area (Å²) in [5.41, 5.74) is 1.31. The highest BCUT2D eigenvalue weighted by Crippen LogP contribution is 2.18. The first-order valence-corrected chi connectivity index (χ1v) is 6.72. The number of aromatic amines is 1. The van der Waals surface area contributed by atoms with Crippen LogP contribution in [0, 0.1) is 0 Å². The largest absolute Gasteiger partial charge is 0.452 e. The van der Waals surface area contributed by atoms with Crippen LogP contribution >= 0.6 is 0 Å². The standard InChI is InChI=1S/C15H18N2O3/c1-2-3-8-16-14(18)10-20-15(19)12-9-17-13-7-5-4-6-11(12)13/h4-7,9,17H,2-3,8,10H2,1H3,(H,16,18). The van der Waals surface area contributed by atoms with Crippen molar-refractivity contribution in [1.82, 2.24) is 10.3 Å². The zero-order chi connectivity index (χ0) is 14.4. The highest BCUT2D eigenvalue weighted by atomic mass is 16.5. The maximum absolute atomic E-state index is 11.9. The van der Waals surface area contributed by atoms with Crippen LogP contribution in [-0.4, -0.2) is 30.0 Å². The first kappa shape index (κ1) is 14.1. The summed E-state index contributed by atoms with van der Waals surface area (Å²) in [6.07, 6.45) is 3.53. The van der Waals surface area contributed by atoms with E-state index in [1.165, 1.54) is 0 Å². The van der Waals surface area contributed by atoms with E-state index in [1.54, 1.807) is 6.20 Å². The molecule has 0 saturated carbocycles. The van der Waals surface area contributed by atoms with E-state index in [1.807, 2.05) is 31.2 Å². The van der Waals surface area contributed by atoms with Gasteiger partial charge in [-0.3, -0.25) is 4.79 Å². The SMILES string of the molecule is CCCCNC(=O)COC(=O)c1c[nH]c2ccccc12. The molecule has 5 nitrogen and oxygen atoms in total. The van der Waals surface area contributed by atoms with E-state index in [9.17, 15) is 9.59 Å². The van der Waals surface area contributed by atoms with Gasteiger partial charge in [-0.15, -0.1) is 0 Å². The maximum Gasteiger partial charge on any atom is 0.340 e. The number of hydrogen-bond donors (Lipinski definition) is 2. The summed E-state index contributed by atoms with van der Waals surface area (Å²) in [6.45, 7) is 2.41. The molecule has 0 bridgehead atoms. The van der Waals surface area contributed by atoms with Crippen LogP contribution < -0.4 is 5.32 Å². The smallest absolute Gasteiger partial charge is 0.340 e. The Bertz CT molecular complexity index is 604. The minimum Gasteiger partial charge on any atom is -0.452 e. The van der Waals surface area contributed by atoms with E-state index in [4.69, 9.17) is 4.74 Å². The third-order valence-corrected chi connectivity index (χ3v) is 3.00. The van der Waals surface area contributed by atoms with Crippen LogP contribution in [0.4, 0.5) is 0 Å². The molecule has 0 fully saturated rings. The van der Waals surface area contributed by atoms with Gasteiger partial charge in [-0.25, -0.2) is 4.79 Å². The summed E-state index contributed by atoms with van der Waals surface area (Å²) in [4.78, 5) is 26.4. The van der Waals surface area contributed by atoms with Gasteiger partial charge in [0.25, 0.3) is 5.91 Å². The molecule has 2 N–H and O–H groups in total. The van der Waals surface area contributed by atoms with Crippen molar-refractivity contribution in [3.05, 3.63) is 36.0 Å². The van der Waals surface area contributed by atoms with E-state index >= 15 is 0 Å². The lowest BCUT2D eigenvalue weighted by atomic mass is 10.2. The molecule has 0 spiro atoms. The summed E-state index contributed by atoms with van der Waals surface area (Å²) < 4.78 is 5.02.